The molecule has 0 unspecified atom stereocenters. The second kappa shape index (κ2) is 9.12. The zero-order valence-electron chi connectivity index (χ0n) is 15.9. The van der Waals surface area contributed by atoms with E-state index in [0.29, 0.717) is 10.7 Å². The molecule has 7 heteroatoms. The van der Waals surface area contributed by atoms with Crippen LogP contribution in [0.25, 0.3) is 5.69 Å². The smallest absolute Gasteiger partial charge is 0.271 e. The fraction of sp³-hybridized carbons (Fsp3) is 0.190. The standard InChI is InChI=1S/C21H21N3O2S2/c1-14-7-8-17(11-15(14)2)24-21(26)10-9-20(23-24)28-13-19(25)22-16-5-4-6-18(12-16)27-3/h4-12H,13H2,1-3H3,(H,22,25). The van der Waals surface area contributed by atoms with Crippen LogP contribution in [0.15, 0.2) is 69.3 Å². The number of carbonyl (C=O) groups excluding carboxylic acids is 1. The minimum absolute atomic E-state index is 0.117. The topological polar surface area (TPSA) is 64.0 Å². The van der Waals surface area contributed by atoms with E-state index in [-0.39, 0.29) is 17.2 Å². The maximum absolute atomic E-state index is 12.3. The van der Waals surface area contributed by atoms with Gasteiger partial charge in [0, 0.05) is 16.6 Å². The van der Waals surface area contributed by atoms with Crippen LogP contribution in [0, 0.1) is 13.8 Å². The Morgan fingerprint density at radius 2 is 1.89 bits per heavy atom. The Hall–Kier alpha value is -2.51. The number of thioether (sulfide) groups is 2. The van der Waals surface area contributed by atoms with Gasteiger partial charge >= 0.3 is 0 Å². The lowest BCUT2D eigenvalue weighted by Gasteiger charge is -2.09. The zero-order valence-corrected chi connectivity index (χ0v) is 17.6. The Labute approximate surface area is 172 Å². The first-order chi connectivity index (χ1) is 13.5. The van der Waals surface area contributed by atoms with Crippen LogP contribution in [-0.4, -0.2) is 27.7 Å². The first-order valence-corrected chi connectivity index (χ1v) is 10.9. The highest BCUT2D eigenvalue weighted by Gasteiger charge is 2.08. The molecule has 1 N–H and O–H groups in total. The van der Waals surface area contributed by atoms with Crippen LogP contribution in [0.1, 0.15) is 11.1 Å². The molecule has 0 aliphatic heterocycles. The van der Waals surface area contributed by atoms with Gasteiger partial charge in [0.25, 0.3) is 5.56 Å². The molecule has 3 aromatic rings. The molecule has 0 saturated heterocycles. The highest BCUT2D eigenvalue weighted by molar-refractivity contribution is 8.00. The summed E-state index contributed by atoms with van der Waals surface area (Å²) in [4.78, 5) is 25.6. The molecular formula is C21H21N3O2S2. The van der Waals surface area contributed by atoms with Crippen molar-refractivity contribution in [1.82, 2.24) is 9.78 Å². The highest BCUT2D eigenvalue weighted by atomic mass is 32.2. The van der Waals surface area contributed by atoms with Crippen LogP contribution in [0.3, 0.4) is 0 Å². The Morgan fingerprint density at radius 1 is 1.07 bits per heavy atom. The van der Waals surface area contributed by atoms with Crippen molar-refractivity contribution in [3.05, 3.63) is 76.1 Å². The van der Waals surface area contributed by atoms with E-state index < -0.39 is 0 Å². The summed E-state index contributed by atoms with van der Waals surface area (Å²) in [6.07, 6.45) is 1.99. The molecular weight excluding hydrogens is 390 g/mol. The number of rotatable bonds is 6. The number of hydrogen-bond acceptors (Lipinski definition) is 5. The number of nitrogens with zero attached hydrogens (tertiary/aromatic N) is 2. The summed E-state index contributed by atoms with van der Waals surface area (Å²) in [5.74, 6) is 0.0933. The van der Waals surface area contributed by atoms with Gasteiger partial charge in [-0.05, 0) is 67.6 Å². The van der Waals surface area contributed by atoms with Gasteiger partial charge in [-0.1, -0.05) is 23.9 Å². The fourth-order valence-electron chi connectivity index (χ4n) is 2.55. The van der Waals surface area contributed by atoms with E-state index >= 15 is 0 Å². The van der Waals surface area contributed by atoms with Crippen molar-refractivity contribution in [1.29, 1.82) is 0 Å². The summed E-state index contributed by atoms with van der Waals surface area (Å²) in [7, 11) is 0. The summed E-state index contributed by atoms with van der Waals surface area (Å²) in [5, 5.41) is 7.91. The summed E-state index contributed by atoms with van der Waals surface area (Å²) < 4.78 is 1.37. The van der Waals surface area contributed by atoms with E-state index in [2.05, 4.69) is 10.4 Å². The van der Waals surface area contributed by atoms with Gasteiger partial charge in [0.2, 0.25) is 5.91 Å². The number of carbonyl (C=O) groups is 1. The van der Waals surface area contributed by atoms with Gasteiger partial charge in [-0.15, -0.1) is 11.8 Å². The number of aryl methyl sites for hydroxylation is 2. The van der Waals surface area contributed by atoms with Gasteiger partial charge in [0.05, 0.1) is 11.4 Å². The third-order valence-electron chi connectivity index (χ3n) is 4.22. The lowest BCUT2D eigenvalue weighted by molar-refractivity contribution is -0.113. The number of aromatic nitrogens is 2. The average Bonchev–Trinajstić information content (AvgIpc) is 2.69. The number of amides is 1. The van der Waals surface area contributed by atoms with Crippen molar-refractivity contribution in [3.63, 3.8) is 0 Å². The normalized spacial score (nSPS) is 10.7. The van der Waals surface area contributed by atoms with Crippen LogP contribution >= 0.6 is 23.5 Å². The Bertz CT molecular complexity index is 1060. The van der Waals surface area contributed by atoms with Crippen molar-refractivity contribution >= 4 is 35.1 Å². The molecule has 1 amide bonds. The molecule has 5 nitrogen and oxygen atoms in total. The first kappa shape index (κ1) is 20.2. The summed E-state index contributed by atoms with van der Waals surface area (Å²) in [6, 6.07) is 16.6. The molecule has 0 saturated carbocycles. The minimum atomic E-state index is -0.203. The molecule has 144 valence electrons. The third kappa shape index (κ3) is 5.05. The van der Waals surface area contributed by atoms with Crippen LogP contribution in [0.4, 0.5) is 5.69 Å². The second-order valence-electron chi connectivity index (χ2n) is 6.26. The maximum Gasteiger partial charge on any atom is 0.271 e. The molecule has 1 aromatic heterocycles. The molecule has 28 heavy (non-hydrogen) atoms. The Morgan fingerprint density at radius 3 is 2.64 bits per heavy atom. The van der Waals surface area contributed by atoms with E-state index in [4.69, 9.17) is 0 Å². The Balaban J connectivity index is 1.70. The van der Waals surface area contributed by atoms with Crippen molar-refractivity contribution in [2.45, 2.75) is 23.8 Å². The first-order valence-electron chi connectivity index (χ1n) is 8.71. The molecule has 0 radical (unpaired) electrons. The van der Waals surface area contributed by atoms with E-state index in [0.717, 1.165) is 21.7 Å². The van der Waals surface area contributed by atoms with Crippen molar-refractivity contribution in [3.8, 4) is 5.69 Å². The number of hydrogen-bond donors (Lipinski definition) is 1. The lowest BCUT2D eigenvalue weighted by Crippen LogP contribution is -2.21. The van der Waals surface area contributed by atoms with Crippen molar-refractivity contribution in [2.75, 3.05) is 17.3 Å². The molecule has 0 aliphatic carbocycles. The van der Waals surface area contributed by atoms with Crippen LogP contribution < -0.4 is 10.9 Å². The largest absolute Gasteiger partial charge is 0.325 e. The van der Waals surface area contributed by atoms with Crippen LogP contribution in [0.5, 0.6) is 0 Å². The van der Waals surface area contributed by atoms with E-state index in [1.54, 1.807) is 17.8 Å². The predicted molar refractivity (Wildman–Crippen MR) is 117 cm³/mol. The quantitative estimate of drug-likeness (QED) is 0.613. The fourth-order valence-corrected chi connectivity index (χ4v) is 3.67. The van der Waals surface area contributed by atoms with Gasteiger partial charge in [0.1, 0.15) is 5.03 Å². The minimum Gasteiger partial charge on any atom is -0.325 e. The Kier molecular flexibility index (Phi) is 6.59. The SMILES string of the molecule is CSc1cccc(NC(=O)CSc2ccc(=O)n(-c3ccc(C)c(C)c3)n2)c1. The third-order valence-corrected chi connectivity index (χ3v) is 5.86. The summed E-state index contributed by atoms with van der Waals surface area (Å²) in [5.41, 5.74) is 3.53. The maximum atomic E-state index is 12.3. The van der Waals surface area contributed by atoms with Gasteiger partial charge in [-0.25, -0.2) is 0 Å². The number of nitrogens with one attached hydrogen (secondary N) is 1. The molecule has 0 fully saturated rings. The van der Waals surface area contributed by atoms with Crippen molar-refractivity contribution in [2.24, 2.45) is 0 Å². The van der Waals surface area contributed by atoms with E-state index in [9.17, 15) is 9.59 Å². The number of benzene rings is 2. The molecule has 1 heterocycles. The van der Waals surface area contributed by atoms with E-state index in [1.807, 2.05) is 62.6 Å². The average molecular weight is 412 g/mol. The van der Waals surface area contributed by atoms with Gasteiger partial charge < -0.3 is 5.32 Å². The summed E-state index contributed by atoms with van der Waals surface area (Å²) >= 11 is 2.92. The number of anilines is 1. The highest BCUT2D eigenvalue weighted by Crippen LogP contribution is 2.20. The van der Waals surface area contributed by atoms with Crippen LogP contribution in [0.2, 0.25) is 0 Å². The van der Waals surface area contributed by atoms with Gasteiger partial charge in [-0.2, -0.15) is 9.78 Å². The molecule has 0 atom stereocenters. The molecule has 0 bridgehead atoms. The van der Waals surface area contributed by atoms with E-state index in [1.165, 1.54) is 22.5 Å². The van der Waals surface area contributed by atoms with Crippen molar-refractivity contribution < 1.29 is 4.79 Å². The zero-order chi connectivity index (χ0) is 20.1. The second-order valence-corrected chi connectivity index (χ2v) is 8.13. The molecule has 0 spiro atoms. The molecule has 2 aromatic carbocycles. The van der Waals surface area contributed by atoms with Gasteiger partial charge in [-0.3, -0.25) is 9.59 Å². The lowest BCUT2D eigenvalue weighted by atomic mass is 10.1. The van der Waals surface area contributed by atoms with Gasteiger partial charge in [0.15, 0.2) is 0 Å². The monoisotopic (exact) mass is 411 g/mol. The predicted octanol–water partition coefficient (Wildman–Crippen LogP) is 4.30. The summed E-state index contributed by atoms with van der Waals surface area (Å²) in [6.45, 7) is 4.02. The molecule has 3 rings (SSSR count). The molecule has 0 aliphatic rings. The van der Waals surface area contributed by atoms with Crippen LogP contribution in [-0.2, 0) is 4.79 Å².